The topological polar surface area (TPSA) is 41.8 Å². The van der Waals surface area contributed by atoms with Gasteiger partial charge >= 0.3 is 0 Å². The second-order valence-electron chi connectivity index (χ2n) is 6.34. The van der Waals surface area contributed by atoms with E-state index in [4.69, 9.17) is 4.74 Å². The molecule has 0 radical (unpaired) electrons. The van der Waals surface area contributed by atoms with Crippen molar-refractivity contribution in [1.82, 2.24) is 0 Å². The lowest BCUT2D eigenvalue weighted by molar-refractivity contribution is 0.296. The van der Waals surface area contributed by atoms with Crippen molar-refractivity contribution in [3.05, 3.63) is 29.3 Å². The minimum absolute atomic E-state index is 0.137. The number of nitrogens with zero attached hydrogens (tertiary/aromatic N) is 1. The molecule has 0 spiro atoms. The van der Waals surface area contributed by atoms with E-state index in [-0.39, 0.29) is 5.41 Å². The summed E-state index contributed by atoms with van der Waals surface area (Å²) in [6, 6.07) is 6.37. The average molecular weight is 273 g/mol. The summed E-state index contributed by atoms with van der Waals surface area (Å²) in [4.78, 5) is 0. The summed E-state index contributed by atoms with van der Waals surface area (Å²) in [7, 11) is 1.70. The van der Waals surface area contributed by atoms with Crippen LogP contribution in [0.4, 0.5) is 0 Å². The van der Waals surface area contributed by atoms with Gasteiger partial charge in [-0.05, 0) is 42.5 Å². The average Bonchev–Trinajstić information content (AvgIpc) is 2.45. The van der Waals surface area contributed by atoms with E-state index in [0.29, 0.717) is 5.92 Å². The molecular formula is C17H23NO2. The molecule has 2 atom stereocenters. The van der Waals surface area contributed by atoms with Gasteiger partial charge in [-0.1, -0.05) is 37.4 Å². The van der Waals surface area contributed by atoms with Crippen LogP contribution in [0.2, 0.25) is 0 Å². The molecule has 0 amide bonds. The number of rotatable bonds is 1. The van der Waals surface area contributed by atoms with Crippen LogP contribution in [0.15, 0.2) is 23.4 Å². The molecule has 1 aromatic rings. The summed E-state index contributed by atoms with van der Waals surface area (Å²) >= 11 is 0. The lowest BCUT2D eigenvalue weighted by atomic mass is 9.61. The van der Waals surface area contributed by atoms with Crippen molar-refractivity contribution in [3.8, 4) is 5.75 Å². The van der Waals surface area contributed by atoms with E-state index < -0.39 is 0 Å². The van der Waals surface area contributed by atoms with E-state index in [1.54, 1.807) is 7.11 Å². The van der Waals surface area contributed by atoms with Crippen LogP contribution in [0, 0.1) is 5.92 Å². The van der Waals surface area contributed by atoms with Crippen LogP contribution in [-0.2, 0) is 11.8 Å². The first kappa shape index (κ1) is 13.5. The molecule has 1 saturated carbocycles. The van der Waals surface area contributed by atoms with E-state index in [2.05, 4.69) is 24.2 Å². The van der Waals surface area contributed by atoms with Gasteiger partial charge in [0.2, 0.25) is 0 Å². The predicted octanol–water partition coefficient (Wildman–Crippen LogP) is 3.92. The van der Waals surface area contributed by atoms with Crippen molar-refractivity contribution >= 4 is 5.71 Å². The zero-order chi connectivity index (χ0) is 14.2. The summed E-state index contributed by atoms with van der Waals surface area (Å²) in [5.41, 5.74) is 3.54. The smallest absolute Gasteiger partial charge is 0.119 e. The molecule has 2 unspecified atom stereocenters. The number of methoxy groups -OCH3 is 1. The number of oxime groups is 1. The number of ether oxygens (including phenoxy) is 1. The molecule has 2 aliphatic carbocycles. The van der Waals surface area contributed by atoms with Gasteiger partial charge in [0, 0.05) is 11.3 Å². The SMILES string of the molecule is COc1ccc2c(c1)C1(C)CCCCCC(C2)/C1=N/O. The number of fused-ring (bicyclic) bond motifs is 4. The van der Waals surface area contributed by atoms with Gasteiger partial charge in [0.15, 0.2) is 0 Å². The van der Waals surface area contributed by atoms with E-state index in [0.717, 1.165) is 30.7 Å². The third-order valence-corrected chi connectivity index (χ3v) is 5.17. The fraction of sp³-hybridized carbons (Fsp3) is 0.588. The van der Waals surface area contributed by atoms with E-state index in [1.807, 2.05) is 6.07 Å². The molecule has 2 bridgehead atoms. The molecule has 0 heterocycles. The summed E-state index contributed by atoms with van der Waals surface area (Å²) < 4.78 is 5.39. The van der Waals surface area contributed by atoms with Crippen molar-refractivity contribution in [2.24, 2.45) is 11.1 Å². The van der Waals surface area contributed by atoms with Crippen LogP contribution in [0.25, 0.3) is 0 Å². The van der Waals surface area contributed by atoms with Crippen molar-refractivity contribution < 1.29 is 9.94 Å². The molecule has 1 N–H and O–H groups in total. The van der Waals surface area contributed by atoms with Gasteiger partial charge in [0.1, 0.15) is 5.75 Å². The molecule has 0 aromatic heterocycles. The summed E-state index contributed by atoms with van der Waals surface area (Å²) in [6.07, 6.45) is 6.91. The Kier molecular flexibility index (Phi) is 3.45. The number of benzene rings is 1. The lowest BCUT2D eigenvalue weighted by Gasteiger charge is -2.42. The largest absolute Gasteiger partial charge is 0.497 e. The zero-order valence-corrected chi connectivity index (χ0v) is 12.4. The van der Waals surface area contributed by atoms with Gasteiger partial charge in [0.05, 0.1) is 12.8 Å². The summed E-state index contributed by atoms with van der Waals surface area (Å²) in [6.45, 7) is 2.23. The van der Waals surface area contributed by atoms with Gasteiger partial charge in [-0.15, -0.1) is 0 Å². The molecule has 1 aromatic carbocycles. The zero-order valence-electron chi connectivity index (χ0n) is 12.4. The molecule has 108 valence electrons. The Balaban J connectivity index is 2.16. The number of hydrogen-bond donors (Lipinski definition) is 1. The first-order valence-electron chi connectivity index (χ1n) is 7.59. The maximum Gasteiger partial charge on any atom is 0.119 e. The Morgan fingerprint density at radius 1 is 1.30 bits per heavy atom. The van der Waals surface area contributed by atoms with E-state index in [1.165, 1.54) is 30.4 Å². The van der Waals surface area contributed by atoms with Gasteiger partial charge in [0.25, 0.3) is 0 Å². The Labute approximate surface area is 120 Å². The molecule has 1 fully saturated rings. The van der Waals surface area contributed by atoms with Crippen LogP contribution in [0.1, 0.15) is 50.2 Å². The first-order chi connectivity index (χ1) is 9.69. The van der Waals surface area contributed by atoms with E-state index >= 15 is 0 Å². The first-order valence-corrected chi connectivity index (χ1v) is 7.59. The van der Waals surface area contributed by atoms with Crippen LogP contribution in [0.5, 0.6) is 5.75 Å². The summed E-state index contributed by atoms with van der Waals surface area (Å²) in [5, 5.41) is 13.3. The van der Waals surface area contributed by atoms with Gasteiger partial charge in [-0.25, -0.2) is 0 Å². The summed E-state index contributed by atoms with van der Waals surface area (Å²) in [5.74, 6) is 1.29. The molecule has 3 nitrogen and oxygen atoms in total. The Bertz CT molecular complexity index is 538. The molecule has 2 aliphatic rings. The van der Waals surface area contributed by atoms with Gasteiger partial charge in [-0.2, -0.15) is 0 Å². The van der Waals surface area contributed by atoms with Crippen molar-refractivity contribution in [3.63, 3.8) is 0 Å². The molecular weight excluding hydrogens is 250 g/mol. The van der Waals surface area contributed by atoms with Crippen molar-refractivity contribution in [2.75, 3.05) is 7.11 Å². The molecule has 0 saturated heterocycles. The van der Waals surface area contributed by atoms with Crippen LogP contribution < -0.4 is 4.74 Å². The molecule has 3 heteroatoms. The highest BCUT2D eigenvalue weighted by Gasteiger charge is 2.43. The fourth-order valence-corrected chi connectivity index (χ4v) is 4.06. The maximum atomic E-state index is 9.59. The highest BCUT2D eigenvalue weighted by atomic mass is 16.5. The van der Waals surface area contributed by atoms with Crippen LogP contribution in [-0.4, -0.2) is 18.0 Å². The normalized spacial score (nSPS) is 31.3. The Hall–Kier alpha value is -1.51. The number of hydrogen-bond acceptors (Lipinski definition) is 3. The van der Waals surface area contributed by atoms with Crippen molar-refractivity contribution in [1.29, 1.82) is 0 Å². The van der Waals surface area contributed by atoms with E-state index in [9.17, 15) is 5.21 Å². The second kappa shape index (κ2) is 5.12. The molecule has 0 aliphatic heterocycles. The second-order valence-corrected chi connectivity index (χ2v) is 6.34. The Morgan fingerprint density at radius 3 is 2.90 bits per heavy atom. The highest BCUT2D eigenvalue weighted by Crippen LogP contribution is 2.45. The lowest BCUT2D eigenvalue weighted by Crippen LogP contribution is -2.44. The third-order valence-electron chi connectivity index (χ3n) is 5.17. The van der Waals surface area contributed by atoms with Gasteiger partial charge < -0.3 is 9.94 Å². The van der Waals surface area contributed by atoms with Gasteiger partial charge in [-0.3, -0.25) is 0 Å². The van der Waals surface area contributed by atoms with Crippen LogP contribution >= 0.6 is 0 Å². The minimum Gasteiger partial charge on any atom is -0.497 e. The predicted molar refractivity (Wildman–Crippen MR) is 79.8 cm³/mol. The monoisotopic (exact) mass is 273 g/mol. The fourth-order valence-electron chi connectivity index (χ4n) is 4.06. The minimum atomic E-state index is -0.137. The maximum absolute atomic E-state index is 9.59. The standard InChI is InChI=1S/C17H23NO2/c1-17-9-5-3-4-6-13(16(17)18-19)10-12-7-8-14(20-2)11-15(12)17/h7-8,11,13,19H,3-6,9-10H2,1-2H3/b18-16-. The highest BCUT2D eigenvalue weighted by molar-refractivity contribution is 5.98. The third kappa shape index (κ3) is 2.00. The van der Waals surface area contributed by atoms with Crippen molar-refractivity contribution in [2.45, 2.75) is 50.9 Å². The quantitative estimate of drug-likeness (QED) is 0.622. The molecule has 20 heavy (non-hydrogen) atoms. The molecule has 3 rings (SSSR count). The van der Waals surface area contributed by atoms with Crippen LogP contribution in [0.3, 0.4) is 0 Å². The Morgan fingerprint density at radius 2 is 2.15 bits per heavy atom.